The normalized spacial score (nSPS) is 10.8. The first kappa shape index (κ1) is 14.6. The number of aliphatic hydroxyl groups excluding tert-OH is 1. The van der Waals surface area contributed by atoms with Crippen molar-refractivity contribution in [3.05, 3.63) is 34.9 Å². The Hall–Kier alpha value is -1.49. The second-order valence-electron chi connectivity index (χ2n) is 4.18. The maximum atomic E-state index is 12.4. The molecule has 0 spiro atoms. The molecule has 0 aliphatic carbocycles. The SMILES string of the molecule is Cc1ccc(C(=O)N(CCO)CC(F)F)c(C)c1. The summed E-state index contributed by atoms with van der Waals surface area (Å²) in [4.78, 5) is 13.1. The zero-order valence-corrected chi connectivity index (χ0v) is 10.5. The van der Waals surface area contributed by atoms with Crippen LogP contribution >= 0.6 is 0 Å². The van der Waals surface area contributed by atoms with E-state index in [9.17, 15) is 13.6 Å². The van der Waals surface area contributed by atoms with Gasteiger partial charge >= 0.3 is 0 Å². The Balaban J connectivity index is 2.94. The minimum Gasteiger partial charge on any atom is -0.395 e. The molecule has 0 bridgehead atoms. The smallest absolute Gasteiger partial charge is 0.255 e. The number of amides is 1. The number of benzene rings is 1. The van der Waals surface area contributed by atoms with E-state index in [1.165, 1.54) is 0 Å². The van der Waals surface area contributed by atoms with Crippen LogP contribution < -0.4 is 0 Å². The fraction of sp³-hybridized carbons (Fsp3) is 0.462. The maximum Gasteiger partial charge on any atom is 0.255 e. The van der Waals surface area contributed by atoms with Gasteiger partial charge in [-0.2, -0.15) is 0 Å². The standard InChI is InChI=1S/C13H17F2NO2/c1-9-3-4-11(10(2)7-9)13(18)16(5-6-17)8-12(14)15/h3-4,7,12,17H,5-6,8H2,1-2H3. The number of carbonyl (C=O) groups is 1. The number of aliphatic hydroxyl groups is 1. The zero-order valence-electron chi connectivity index (χ0n) is 10.5. The number of aryl methyl sites for hydroxylation is 2. The highest BCUT2D eigenvalue weighted by molar-refractivity contribution is 5.95. The number of rotatable bonds is 5. The van der Waals surface area contributed by atoms with Crippen LogP contribution in [0.4, 0.5) is 8.78 Å². The highest BCUT2D eigenvalue weighted by Crippen LogP contribution is 2.14. The Bertz CT molecular complexity index is 421. The van der Waals surface area contributed by atoms with Gasteiger partial charge in [-0.25, -0.2) is 8.78 Å². The number of carbonyl (C=O) groups excluding carboxylic acids is 1. The molecular weight excluding hydrogens is 240 g/mol. The minimum atomic E-state index is -2.61. The van der Waals surface area contributed by atoms with Crippen molar-refractivity contribution in [2.75, 3.05) is 19.7 Å². The van der Waals surface area contributed by atoms with Crippen LogP contribution in [-0.2, 0) is 0 Å². The van der Waals surface area contributed by atoms with E-state index in [1.807, 2.05) is 13.0 Å². The van der Waals surface area contributed by atoms with Crippen molar-refractivity contribution in [2.24, 2.45) is 0 Å². The third kappa shape index (κ3) is 3.77. The molecule has 1 rings (SSSR count). The van der Waals surface area contributed by atoms with Gasteiger partial charge in [0.05, 0.1) is 13.2 Å². The zero-order chi connectivity index (χ0) is 13.7. The van der Waals surface area contributed by atoms with Crippen molar-refractivity contribution in [3.63, 3.8) is 0 Å². The van der Waals surface area contributed by atoms with Gasteiger partial charge in [0.1, 0.15) is 0 Å². The largest absolute Gasteiger partial charge is 0.395 e. The molecular formula is C13H17F2NO2. The van der Waals surface area contributed by atoms with Crippen molar-refractivity contribution in [2.45, 2.75) is 20.3 Å². The van der Waals surface area contributed by atoms with Crippen molar-refractivity contribution in [3.8, 4) is 0 Å². The third-order valence-corrected chi connectivity index (χ3v) is 2.63. The van der Waals surface area contributed by atoms with Crippen LogP contribution in [0.3, 0.4) is 0 Å². The molecule has 1 amide bonds. The molecule has 0 aliphatic heterocycles. The second-order valence-corrected chi connectivity index (χ2v) is 4.18. The molecule has 1 N–H and O–H groups in total. The van der Waals surface area contributed by atoms with Crippen LogP contribution in [-0.4, -0.2) is 42.0 Å². The maximum absolute atomic E-state index is 12.4. The lowest BCUT2D eigenvalue weighted by Gasteiger charge is -2.22. The molecule has 1 aromatic rings. The number of hydrogen-bond donors (Lipinski definition) is 1. The quantitative estimate of drug-likeness (QED) is 0.876. The third-order valence-electron chi connectivity index (χ3n) is 2.63. The predicted octanol–water partition coefficient (Wildman–Crippen LogP) is 2.00. The Morgan fingerprint density at radius 1 is 1.39 bits per heavy atom. The first-order valence-electron chi connectivity index (χ1n) is 5.71. The van der Waals surface area contributed by atoms with E-state index in [0.29, 0.717) is 5.56 Å². The van der Waals surface area contributed by atoms with Gasteiger partial charge < -0.3 is 10.0 Å². The van der Waals surface area contributed by atoms with Gasteiger partial charge in [-0.15, -0.1) is 0 Å². The summed E-state index contributed by atoms with van der Waals surface area (Å²) in [6.07, 6.45) is -2.61. The average Bonchev–Trinajstić information content (AvgIpc) is 2.27. The summed E-state index contributed by atoms with van der Waals surface area (Å²) in [5, 5.41) is 8.82. The lowest BCUT2D eigenvalue weighted by atomic mass is 10.0. The van der Waals surface area contributed by atoms with Crippen LogP contribution in [0, 0.1) is 13.8 Å². The first-order valence-corrected chi connectivity index (χ1v) is 5.71. The van der Waals surface area contributed by atoms with Crippen molar-refractivity contribution in [1.82, 2.24) is 4.90 Å². The van der Waals surface area contributed by atoms with Crippen LogP contribution in [0.5, 0.6) is 0 Å². The molecule has 0 saturated heterocycles. The number of alkyl halides is 2. The Morgan fingerprint density at radius 3 is 2.56 bits per heavy atom. The van der Waals surface area contributed by atoms with E-state index in [0.717, 1.165) is 16.0 Å². The molecule has 0 fully saturated rings. The Kier molecular flexibility index (Phi) is 5.22. The molecule has 1 aromatic carbocycles. The van der Waals surface area contributed by atoms with Gasteiger partial charge in [-0.1, -0.05) is 17.7 Å². The van der Waals surface area contributed by atoms with Gasteiger partial charge in [-0.3, -0.25) is 4.79 Å². The molecule has 0 saturated carbocycles. The summed E-state index contributed by atoms with van der Waals surface area (Å²) in [6.45, 7) is 2.58. The Labute approximate surface area is 105 Å². The molecule has 0 radical (unpaired) electrons. The van der Waals surface area contributed by atoms with E-state index in [4.69, 9.17) is 5.11 Å². The number of nitrogens with zero attached hydrogens (tertiary/aromatic N) is 1. The summed E-state index contributed by atoms with van der Waals surface area (Å²) in [5.41, 5.74) is 2.15. The monoisotopic (exact) mass is 257 g/mol. The lowest BCUT2D eigenvalue weighted by Crippen LogP contribution is -2.37. The number of halogens is 2. The van der Waals surface area contributed by atoms with Gasteiger partial charge in [0.2, 0.25) is 0 Å². The number of hydrogen-bond acceptors (Lipinski definition) is 2. The van der Waals surface area contributed by atoms with Crippen LogP contribution in [0.1, 0.15) is 21.5 Å². The van der Waals surface area contributed by atoms with E-state index in [1.54, 1.807) is 19.1 Å². The van der Waals surface area contributed by atoms with Gasteiger partial charge in [0.25, 0.3) is 12.3 Å². The highest BCUT2D eigenvalue weighted by atomic mass is 19.3. The summed E-state index contributed by atoms with van der Waals surface area (Å²) in [7, 11) is 0. The lowest BCUT2D eigenvalue weighted by molar-refractivity contribution is 0.0508. The molecule has 0 heterocycles. The fourth-order valence-corrected chi connectivity index (χ4v) is 1.79. The first-order chi connectivity index (χ1) is 8.45. The molecule has 5 heteroatoms. The van der Waals surface area contributed by atoms with Gasteiger partial charge in [0, 0.05) is 12.1 Å². The summed E-state index contributed by atoms with van der Waals surface area (Å²) >= 11 is 0. The molecule has 0 atom stereocenters. The molecule has 0 aliphatic rings. The molecule has 18 heavy (non-hydrogen) atoms. The topological polar surface area (TPSA) is 40.5 Å². The van der Waals surface area contributed by atoms with Crippen molar-refractivity contribution in [1.29, 1.82) is 0 Å². The van der Waals surface area contributed by atoms with Gasteiger partial charge in [-0.05, 0) is 25.5 Å². The average molecular weight is 257 g/mol. The minimum absolute atomic E-state index is 0.0868. The van der Waals surface area contributed by atoms with E-state index in [-0.39, 0.29) is 13.2 Å². The summed E-state index contributed by atoms with van der Waals surface area (Å²) in [6, 6.07) is 5.22. The van der Waals surface area contributed by atoms with Gasteiger partial charge in [0.15, 0.2) is 0 Å². The predicted molar refractivity (Wildman–Crippen MR) is 64.9 cm³/mol. The van der Waals surface area contributed by atoms with Crippen molar-refractivity contribution >= 4 is 5.91 Å². The second kappa shape index (κ2) is 6.44. The summed E-state index contributed by atoms with van der Waals surface area (Å²) in [5.74, 6) is -0.471. The van der Waals surface area contributed by atoms with Crippen LogP contribution in [0.2, 0.25) is 0 Å². The molecule has 0 unspecified atom stereocenters. The highest BCUT2D eigenvalue weighted by Gasteiger charge is 2.20. The molecule has 100 valence electrons. The van der Waals surface area contributed by atoms with E-state index in [2.05, 4.69) is 0 Å². The van der Waals surface area contributed by atoms with Crippen molar-refractivity contribution < 1.29 is 18.7 Å². The van der Waals surface area contributed by atoms with E-state index >= 15 is 0 Å². The molecule has 3 nitrogen and oxygen atoms in total. The summed E-state index contributed by atoms with van der Waals surface area (Å²) < 4.78 is 24.7. The van der Waals surface area contributed by atoms with Crippen LogP contribution in [0.25, 0.3) is 0 Å². The van der Waals surface area contributed by atoms with E-state index < -0.39 is 18.9 Å². The Morgan fingerprint density at radius 2 is 2.06 bits per heavy atom. The molecule has 0 aromatic heterocycles. The fourth-order valence-electron chi connectivity index (χ4n) is 1.79. The van der Waals surface area contributed by atoms with Crippen LogP contribution in [0.15, 0.2) is 18.2 Å².